The first-order chi connectivity index (χ1) is 12.0. The zero-order valence-electron chi connectivity index (χ0n) is 14.8. The Hall–Kier alpha value is -2.40. The van der Waals surface area contributed by atoms with E-state index in [-0.39, 0.29) is 11.7 Å². The van der Waals surface area contributed by atoms with Gasteiger partial charge in [0.25, 0.3) is 5.91 Å². The molecule has 25 heavy (non-hydrogen) atoms. The highest BCUT2D eigenvalue weighted by atomic mass is 19.1. The lowest BCUT2D eigenvalue weighted by atomic mass is 10.2. The molecule has 1 aliphatic heterocycles. The van der Waals surface area contributed by atoms with Crippen LogP contribution >= 0.6 is 0 Å². The van der Waals surface area contributed by atoms with Crippen LogP contribution in [0.2, 0.25) is 0 Å². The average molecular weight is 342 g/mol. The van der Waals surface area contributed by atoms with E-state index in [2.05, 4.69) is 41.4 Å². The molecule has 1 saturated heterocycles. The minimum atomic E-state index is -0.295. The summed E-state index contributed by atoms with van der Waals surface area (Å²) in [6.45, 7) is 7.93. The molecule has 0 unspecified atom stereocenters. The maximum Gasteiger partial charge on any atom is 0.279 e. The maximum absolute atomic E-state index is 13.6. The van der Waals surface area contributed by atoms with Crippen molar-refractivity contribution in [2.24, 2.45) is 0 Å². The first-order valence-electron chi connectivity index (χ1n) is 8.72. The number of aryl methyl sites for hydroxylation is 2. The molecular formula is C20H25FN3O+. The first kappa shape index (κ1) is 17.4. The predicted molar refractivity (Wildman–Crippen MR) is 98.7 cm³/mol. The van der Waals surface area contributed by atoms with Gasteiger partial charge in [0.2, 0.25) is 0 Å². The summed E-state index contributed by atoms with van der Waals surface area (Å²) >= 11 is 0. The monoisotopic (exact) mass is 342 g/mol. The quantitative estimate of drug-likeness (QED) is 0.889. The second-order valence-electron chi connectivity index (χ2n) is 6.76. The molecule has 0 aliphatic carbocycles. The minimum Gasteiger partial charge on any atom is -0.360 e. The molecular weight excluding hydrogens is 317 g/mol. The third-order valence-corrected chi connectivity index (χ3v) is 4.70. The van der Waals surface area contributed by atoms with Gasteiger partial charge in [-0.05, 0) is 49.2 Å². The molecule has 0 spiro atoms. The van der Waals surface area contributed by atoms with Crippen molar-refractivity contribution in [3.63, 3.8) is 0 Å². The summed E-state index contributed by atoms with van der Waals surface area (Å²) in [4.78, 5) is 15.8. The highest BCUT2D eigenvalue weighted by molar-refractivity contribution is 5.91. The SMILES string of the molecule is Cc1cccc(N2CC[NH+](CC(=O)Nc3ccc(C)c(F)c3)CC2)c1. The zero-order valence-corrected chi connectivity index (χ0v) is 14.8. The van der Waals surface area contributed by atoms with Gasteiger partial charge in [-0.2, -0.15) is 0 Å². The van der Waals surface area contributed by atoms with Crippen LogP contribution in [-0.4, -0.2) is 38.6 Å². The standard InChI is InChI=1S/C20H24FN3O/c1-15-4-3-5-18(12-15)24-10-8-23(9-11-24)14-20(25)22-17-7-6-16(2)19(21)13-17/h3-7,12-13H,8-11,14H2,1-2H3,(H,22,25)/p+1. The fourth-order valence-corrected chi connectivity index (χ4v) is 3.19. The summed E-state index contributed by atoms with van der Waals surface area (Å²) < 4.78 is 13.6. The number of carbonyl (C=O) groups excluding carboxylic acids is 1. The van der Waals surface area contributed by atoms with Crippen LogP contribution in [-0.2, 0) is 4.79 Å². The summed E-state index contributed by atoms with van der Waals surface area (Å²) in [6.07, 6.45) is 0. The van der Waals surface area contributed by atoms with Crippen molar-refractivity contribution < 1.29 is 14.1 Å². The van der Waals surface area contributed by atoms with Crippen molar-refractivity contribution in [3.05, 3.63) is 59.4 Å². The number of hydrogen-bond donors (Lipinski definition) is 2. The predicted octanol–water partition coefficient (Wildman–Crippen LogP) is 1.79. The number of hydrogen-bond acceptors (Lipinski definition) is 2. The van der Waals surface area contributed by atoms with Crippen molar-refractivity contribution in [2.45, 2.75) is 13.8 Å². The summed E-state index contributed by atoms with van der Waals surface area (Å²) in [5.41, 5.74) is 3.61. The van der Waals surface area contributed by atoms with Crippen LogP contribution in [0.1, 0.15) is 11.1 Å². The van der Waals surface area contributed by atoms with E-state index in [0.717, 1.165) is 26.2 Å². The molecule has 132 valence electrons. The summed E-state index contributed by atoms with van der Waals surface area (Å²) in [5.74, 6) is -0.362. The van der Waals surface area contributed by atoms with E-state index in [0.29, 0.717) is 17.8 Å². The molecule has 0 atom stereocenters. The molecule has 0 aromatic heterocycles. The normalized spacial score (nSPS) is 15.2. The second-order valence-corrected chi connectivity index (χ2v) is 6.76. The molecule has 2 aromatic carbocycles. The number of amides is 1. The highest BCUT2D eigenvalue weighted by Gasteiger charge is 2.22. The van der Waals surface area contributed by atoms with Crippen LogP contribution < -0.4 is 15.1 Å². The topological polar surface area (TPSA) is 36.8 Å². The molecule has 0 bridgehead atoms. The van der Waals surface area contributed by atoms with Gasteiger partial charge in [-0.15, -0.1) is 0 Å². The molecule has 4 nitrogen and oxygen atoms in total. The van der Waals surface area contributed by atoms with Crippen molar-refractivity contribution in [2.75, 3.05) is 42.9 Å². The van der Waals surface area contributed by atoms with Crippen molar-refractivity contribution in [1.29, 1.82) is 0 Å². The highest BCUT2D eigenvalue weighted by Crippen LogP contribution is 2.15. The third-order valence-electron chi connectivity index (χ3n) is 4.70. The van der Waals surface area contributed by atoms with Crippen LogP contribution in [0.3, 0.4) is 0 Å². The van der Waals surface area contributed by atoms with Crippen molar-refractivity contribution in [1.82, 2.24) is 0 Å². The summed E-state index contributed by atoms with van der Waals surface area (Å²) in [7, 11) is 0. The van der Waals surface area contributed by atoms with Gasteiger partial charge in [-0.25, -0.2) is 4.39 Å². The Balaban J connectivity index is 1.50. The number of nitrogens with one attached hydrogen (secondary N) is 2. The van der Waals surface area contributed by atoms with Gasteiger partial charge in [0.1, 0.15) is 5.82 Å². The van der Waals surface area contributed by atoms with Crippen LogP contribution in [0.5, 0.6) is 0 Å². The van der Waals surface area contributed by atoms with Crippen LogP contribution in [0.4, 0.5) is 15.8 Å². The molecule has 1 amide bonds. The Morgan fingerprint density at radius 3 is 2.60 bits per heavy atom. The van der Waals surface area contributed by atoms with E-state index in [4.69, 9.17) is 0 Å². The number of nitrogens with zero attached hydrogens (tertiary/aromatic N) is 1. The largest absolute Gasteiger partial charge is 0.360 e. The molecule has 2 N–H and O–H groups in total. The van der Waals surface area contributed by atoms with Crippen LogP contribution in [0, 0.1) is 19.7 Å². The molecule has 1 heterocycles. The fourth-order valence-electron chi connectivity index (χ4n) is 3.19. The molecule has 3 rings (SSSR count). The van der Waals surface area contributed by atoms with E-state index < -0.39 is 0 Å². The fraction of sp³-hybridized carbons (Fsp3) is 0.350. The van der Waals surface area contributed by atoms with E-state index in [1.165, 1.54) is 22.2 Å². The Morgan fingerprint density at radius 1 is 1.16 bits per heavy atom. The van der Waals surface area contributed by atoms with Crippen LogP contribution in [0.25, 0.3) is 0 Å². The smallest absolute Gasteiger partial charge is 0.279 e. The molecule has 5 heteroatoms. The zero-order chi connectivity index (χ0) is 17.8. The van der Waals surface area contributed by atoms with Gasteiger partial charge in [0.15, 0.2) is 6.54 Å². The number of anilines is 2. The number of piperazine rings is 1. The van der Waals surface area contributed by atoms with E-state index >= 15 is 0 Å². The first-order valence-corrected chi connectivity index (χ1v) is 8.72. The Morgan fingerprint density at radius 2 is 1.92 bits per heavy atom. The maximum atomic E-state index is 13.6. The third kappa shape index (κ3) is 4.57. The van der Waals surface area contributed by atoms with Crippen LogP contribution in [0.15, 0.2) is 42.5 Å². The average Bonchev–Trinajstić information content (AvgIpc) is 2.59. The number of quaternary nitrogens is 1. The van der Waals surface area contributed by atoms with Gasteiger partial charge in [-0.1, -0.05) is 18.2 Å². The second kappa shape index (κ2) is 7.66. The van der Waals surface area contributed by atoms with Gasteiger partial charge >= 0.3 is 0 Å². The number of halogens is 1. The lowest BCUT2D eigenvalue weighted by Gasteiger charge is -2.33. The van der Waals surface area contributed by atoms with Gasteiger partial charge < -0.3 is 15.1 Å². The minimum absolute atomic E-state index is 0.0674. The Bertz CT molecular complexity index is 754. The molecule has 2 aromatic rings. The van der Waals surface area contributed by atoms with E-state index in [9.17, 15) is 9.18 Å². The Kier molecular flexibility index (Phi) is 5.34. The lowest BCUT2D eigenvalue weighted by Crippen LogP contribution is -3.15. The Labute approximate surface area is 148 Å². The van der Waals surface area contributed by atoms with Crippen molar-refractivity contribution in [3.8, 4) is 0 Å². The lowest BCUT2D eigenvalue weighted by molar-refractivity contribution is -0.892. The molecule has 1 aliphatic rings. The van der Waals surface area contributed by atoms with E-state index in [1.807, 2.05) is 0 Å². The summed E-state index contributed by atoms with van der Waals surface area (Å²) in [5, 5.41) is 2.79. The number of rotatable bonds is 4. The van der Waals surface area contributed by atoms with E-state index in [1.54, 1.807) is 19.1 Å². The number of benzene rings is 2. The summed E-state index contributed by atoms with van der Waals surface area (Å²) in [6, 6.07) is 13.3. The number of carbonyl (C=O) groups is 1. The molecule has 1 fully saturated rings. The van der Waals surface area contributed by atoms with Gasteiger partial charge in [0.05, 0.1) is 26.2 Å². The molecule has 0 radical (unpaired) electrons. The molecule has 0 saturated carbocycles. The van der Waals surface area contributed by atoms with Gasteiger partial charge in [-0.3, -0.25) is 4.79 Å². The van der Waals surface area contributed by atoms with Crippen molar-refractivity contribution >= 4 is 17.3 Å². The van der Waals surface area contributed by atoms with Gasteiger partial charge in [0, 0.05) is 11.4 Å².